The normalized spacial score (nSPS) is 30.1. The summed E-state index contributed by atoms with van der Waals surface area (Å²) in [6.45, 7) is 7.09. The number of carbonyl (C=O) groups is 1. The summed E-state index contributed by atoms with van der Waals surface area (Å²) in [6, 6.07) is 0. The molecule has 1 aliphatic heterocycles. The summed E-state index contributed by atoms with van der Waals surface area (Å²) in [5, 5.41) is 10.2. The molecule has 1 heterocycles. The molecular formula is C14H21NO2. The van der Waals surface area contributed by atoms with Gasteiger partial charge in [0.1, 0.15) is 5.76 Å². The van der Waals surface area contributed by atoms with Crippen molar-refractivity contribution in [3.63, 3.8) is 0 Å². The number of aliphatic imine (C=N–C) groups is 1. The Morgan fingerprint density at radius 1 is 1.35 bits per heavy atom. The molecule has 2 aliphatic rings. The second kappa shape index (κ2) is 4.28. The predicted octanol–water partition coefficient (Wildman–Crippen LogP) is 3.06. The minimum absolute atomic E-state index is 0.0746. The first-order chi connectivity index (χ1) is 7.94. The van der Waals surface area contributed by atoms with E-state index in [-0.39, 0.29) is 17.0 Å². The average molecular weight is 235 g/mol. The first-order valence-electron chi connectivity index (χ1n) is 6.43. The number of hydrogen-bond donors (Lipinski definition) is 1. The fourth-order valence-electron chi connectivity index (χ4n) is 2.63. The van der Waals surface area contributed by atoms with Gasteiger partial charge in [-0.2, -0.15) is 0 Å². The van der Waals surface area contributed by atoms with Crippen molar-refractivity contribution in [2.24, 2.45) is 16.3 Å². The van der Waals surface area contributed by atoms with Crippen LogP contribution >= 0.6 is 0 Å². The van der Waals surface area contributed by atoms with Crippen LogP contribution in [0, 0.1) is 11.3 Å². The van der Waals surface area contributed by atoms with E-state index in [1.54, 1.807) is 0 Å². The van der Waals surface area contributed by atoms with E-state index in [0.717, 1.165) is 25.1 Å². The molecule has 0 aromatic carbocycles. The summed E-state index contributed by atoms with van der Waals surface area (Å²) in [7, 11) is 0. The first kappa shape index (κ1) is 12.3. The largest absolute Gasteiger partial charge is 0.511 e. The number of allylic oxidation sites excluding steroid dienone is 2. The Hall–Kier alpha value is -1.12. The SMILES string of the molecule is CC(C)C1(C)CC(=O)C(C2=NCCC2)=C(O)C1. The molecule has 0 saturated carbocycles. The van der Waals surface area contributed by atoms with Crippen LogP contribution in [0.15, 0.2) is 16.3 Å². The van der Waals surface area contributed by atoms with Crippen LogP contribution in [-0.2, 0) is 4.79 Å². The highest BCUT2D eigenvalue weighted by atomic mass is 16.3. The van der Waals surface area contributed by atoms with Crippen molar-refractivity contribution in [1.29, 1.82) is 0 Å². The number of nitrogens with zero attached hydrogens (tertiary/aromatic N) is 1. The molecule has 1 atom stereocenters. The quantitative estimate of drug-likeness (QED) is 0.799. The minimum Gasteiger partial charge on any atom is -0.511 e. The number of hydrogen-bond acceptors (Lipinski definition) is 3. The number of aliphatic hydroxyl groups is 1. The number of rotatable bonds is 2. The summed E-state index contributed by atoms with van der Waals surface area (Å²) >= 11 is 0. The molecule has 1 N–H and O–H groups in total. The van der Waals surface area contributed by atoms with Gasteiger partial charge in [-0.25, -0.2) is 0 Å². The molecule has 0 spiro atoms. The summed E-state index contributed by atoms with van der Waals surface area (Å²) in [5.74, 6) is 0.726. The average Bonchev–Trinajstić information content (AvgIpc) is 2.69. The molecule has 0 aromatic rings. The third-order valence-electron chi connectivity index (χ3n) is 4.26. The van der Waals surface area contributed by atoms with Gasteiger partial charge >= 0.3 is 0 Å². The van der Waals surface area contributed by atoms with Crippen LogP contribution in [0.3, 0.4) is 0 Å². The Bertz CT molecular complexity index is 406. The first-order valence-corrected chi connectivity index (χ1v) is 6.43. The molecule has 17 heavy (non-hydrogen) atoms. The van der Waals surface area contributed by atoms with E-state index in [1.165, 1.54) is 0 Å². The van der Waals surface area contributed by atoms with Gasteiger partial charge in [-0.15, -0.1) is 0 Å². The van der Waals surface area contributed by atoms with Gasteiger partial charge < -0.3 is 5.11 Å². The van der Waals surface area contributed by atoms with Crippen molar-refractivity contribution in [1.82, 2.24) is 0 Å². The second-order valence-corrected chi connectivity index (χ2v) is 5.84. The second-order valence-electron chi connectivity index (χ2n) is 5.84. The maximum Gasteiger partial charge on any atom is 0.168 e. The molecule has 94 valence electrons. The minimum atomic E-state index is -0.107. The van der Waals surface area contributed by atoms with Crippen molar-refractivity contribution >= 4 is 11.5 Å². The molecule has 0 saturated heterocycles. The lowest BCUT2D eigenvalue weighted by atomic mass is 9.67. The van der Waals surface area contributed by atoms with E-state index in [9.17, 15) is 9.90 Å². The van der Waals surface area contributed by atoms with Crippen molar-refractivity contribution in [3.8, 4) is 0 Å². The highest BCUT2D eigenvalue weighted by Crippen LogP contribution is 2.42. The van der Waals surface area contributed by atoms with Gasteiger partial charge in [-0.3, -0.25) is 9.79 Å². The smallest absolute Gasteiger partial charge is 0.168 e. The maximum atomic E-state index is 12.2. The standard InChI is InChI=1S/C14H21NO2/c1-9(2)14(3)7-11(16)13(12(17)8-14)10-5-4-6-15-10/h9,16H,4-8H2,1-3H3. The Morgan fingerprint density at radius 3 is 2.53 bits per heavy atom. The van der Waals surface area contributed by atoms with Gasteiger partial charge in [-0.05, 0) is 24.2 Å². The summed E-state index contributed by atoms with van der Waals surface area (Å²) < 4.78 is 0. The van der Waals surface area contributed by atoms with E-state index in [0.29, 0.717) is 24.3 Å². The van der Waals surface area contributed by atoms with Gasteiger partial charge in [0.2, 0.25) is 0 Å². The monoisotopic (exact) mass is 235 g/mol. The van der Waals surface area contributed by atoms with Gasteiger partial charge in [-0.1, -0.05) is 20.8 Å². The van der Waals surface area contributed by atoms with Crippen LogP contribution in [-0.4, -0.2) is 23.1 Å². The van der Waals surface area contributed by atoms with Gasteiger partial charge in [0.25, 0.3) is 0 Å². The zero-order valence-corrected chi connectivity index (χ0v) is 10.9. The molecule has 3 nitrogen and oxygen atoms in total. The van der Waals surface area contributed by atoms with Crippen LogP contribution in [0.1, 0.15) is 46.5 Å². The highest BCUT2D eigenvalue weighted by molar-refractivity contribution is 6.23. The zero-order valence-electron chi connectivity index (χ0n) is 10.9. The maximum absolute atomic E-state index is 12.2. The molecule has 0 aromatic heterocycles. The molecule has 0 fully saturated rings. The predicted molar refractivity (Wildman–Crippen MR) is 68.4 cm³/mol. The third kappa shape index (κ3) is 2.15. The zero-order chi connectivity index (χ0) is 12.6. The Morgan fingerprint density at radius 2 is 2.06 bits per heavy atom. The third-order valence-corrected chi connectivity index (χ3v) is 4.26. The summed E-state index contributed by atoms with van der Waals surface area (Å²) in [6.07, 6.45) is 2.97. The van der Waals surface area contributed by atoms with Gasteiger partial charge in [0.05, 0.1) is 5.57 Å². The Balaban J connectivity index is 2.32. The van der Waals surface area contributed by atoms with Crippen molar-refractivity contribution in [3.05, 3.63) is 11.3 Å². The van der Waals surface area contributed by atoms with Crippen molar-refractivity contribution in [2.75, 3.05) is 6.54 Å². The number of Topliss-reactive ketones (excluding diaryl/α,β-unsaturated/α-hetero) is 1. The number of carbonyl (C=O) groups excluding carboxylic acids is 1. The molecule has 0 radical (unpaired) electrons. The van der Waals surface area contributed by atoms with Crippen LogP contribution in [0.5, 0.6) is 0 Å². The lowest BCUT2D eigenvalue weighted by Crippen LogP contribution is -2.34. The van der Waals surface area contributed by atoms with Crippen LogP contribution in [0.2, 0.25) is 0 Å². The number of aliphatic hydroxyl groups excluding tert-OH is 1. The van der Waals surface area contributed by atoms with E-state index < -0.39 is 0 Å². The van der Waals surface area contributed by atoms with Crippen LogP contribution < -0.4 is 0 Å². The molecule has 2 rings (SSSR count). The molecule has 0 bridgehead atoms. The molecule has 0 amide bonds. The molecule has 1 aliphatic carbocycles. The Labute approximate surface area is 103 Å². The van der Waals surface area contributed by atoms with Crippen LogP contribution in [0.4, 0.5) is 0 Å². The summed E-state index contributed by atoms with van der Waals surface area (Å²) in [4.78, 5) is 16.5. The van der Waals surface area contributed by atoms with Gasteiger partial charge in [0.15, 0.2) is 5.78 Å². The topological polar surface area (TPSA) is 49.7 Å². The Kier molecular flexibility index (Phi) is 3.11. The summed E-state index contributed by atoms with van der Waals surface area (Å²) in [5.41, 5.74) is 1.25. The molecular weight excluding hydrogens is 214 g/mol. The van der Waals surface area contributed by atoms with E-state index in [4.69, 9.17) is 0 Å². The number of ketones is 1. The van der Waals surface area contributed by atoms with E-state index in [2.05, 4.69) is 25.8 Å². The van der Waals surface area contributed by atoms with E-state index >= 15 is 0 Å². The molecule has 1 unspecified atom stereocenters. The van der Waals surface area contributed by atoms with Gasteiger partial charge in [0, 0.05) is 25.1 Å². The van der Waals surface area contributed by atoms with Crippen LogP contribution in [0.25, 0.3) is 0 Å². The lowest BCUT2D eigenvalue weighted by molar-refractivity contribution is -0.119. The van der Waals surface area contributed by atoms with E-state index in [1.807, 2.05) is 0 Å². The fraction of sp³-hybridized carbons (Fsp3) is 0.714. The highest BCUT2D eigenvalue weighted by Gasteiger charge is 2.40. The lowest BCUT2D eigenvalue weighted by Gasteiger charge is -2.37. The van der Waals surface area contributed by atoms with Crippen molar-refractivity contribution in [2.45, 2.75) is 46.5 Å². The van der Waals surface area contributed by atoms with Crippen molar-refractivity contribution < 1.29 is 9.90 Å². The fourth-order valence-corrected chi connectivity index (χ4v) is 2.63. The molecule has 3 heteroatoms.